The summed E-state index contributed by atoms with van der Waals surface area (Å²) in [6, 6.07) is 20.8. The maximum atomic E-state index is 4.13. The lowest BCUT2D eigenvalue weighted by molar-refractivity contribution is 0.952. The Morgan fingerprint density at radius 2 is 1.25 bits per heavy atom. The summed E-state index contributed by atoms with van der Waals surface area (Å²) in [4.78, 5) is 4.50. The first-order valence-corrected chi connectivity index (χ1v) is 9.46. The maximum Gasteiger partial charge on any atom is 0.0699 e. The number of hydrogen-bond donors (Lipinski definition) is 0. The summed E-state index contributed by atoms with van der Waals surface area (Å²) in [5, 5.41) is 0. The number of allylic oxidation sites excluding steroid dienone is 6. The Bertz CT molecular complexity index is 960. The van der Waals surface area contributed by atoms with Crippen LogP contribution in [0.1, 0.15) is 13.8 Å². The van der Waals surface area contributed by atoms with Gasteiger partial charge in [-0.05, 0) is 56.3 Å². The predicted molar refractivity (Wildman–Crippen MR) is 122 cm³/mol. The van der Waals surface area contributed by atoms with Crippen LogP contribution in [0.5, 0.6) is 0 Å². The van der Waals surface area contributed by atoms with E-state index in [1.165, 1.54) is 0 Å². The normalized spacial score (nSPS) is 17.6. The van der Waals surface area contributed by atoms with E-state index in [4.69, 9.17) is 0 Å². The fourth-order valence-corrected chi connectivity index (χ4v) is 3.49. The van der Waals surface area contributed by atoms with Crippen molar-refractivity contribution in [2.24, 2.45) is 0 Å². The van der Waals surface area contributed by atoms with Crippen LogP contribution in [-0.4, -0.2) is 0 Å². The van der Waals surface area contributed by atoms with Gasteiger partial charge in [-0.3, -0.25) is 0 Å². The van der Waals surface area contributed by atoms with Gasteiger partial charge in [-0.25, -0.2) is 0 Å². The van der Waals surface area contributed by atoms with E-state index in [1.807, 2.05) is 37.3 Å². The largest absolute Gasteiger partial charge is 0.307 e. The van der Waals surface area contributed by atoms with E-state index in [9.17, 15) is 0 Å². The van der Waals surface area contributed by atoms with Crippen LogP contribution in [-0.2, 0) is 0 Å². The summed E-state index contributed by atoms with van der Waals surface area (Å²) in [6.07, 6.45) is 12.1. The average molecular weight is 367 g/mol. The molecule has 3 rings (SSSR count). The van der Waals surface area contributed by atoms with Crippen LogP contribution in [0.3, 0.4) is 0 Å². The molecule has 0 saturated heterocycles. The Morgan fingerprint density at radius 3 is 1.68 bits per heavy atom. The van der Waals surface area contributed by atoms with E-state index in [0.717, 1.165) is 34.2 Å². The molecule has 0 aromatic heterocycles. The Labute approximate surface area is 168 Å². The molecule has 0 fully saturated rings. The molecule has 1 heterocycles. The molecule has 0 saturated carbocycles. The lowest BCUT2D eigenvalue weighted by Gasteiger charge is -2.42. The summed E-state index contributed by atoms with van der Waals surface area (Å²) in [5.74, 6) is 0. The summed E-state index contributed by atoms with van der Waals surface area (Å²) in [7, 11) is 0. The molecule has 0 atom stereocenters. The smallest absolute Gasteiger partial charge is 0.0699 e. The second kappa shape index (κ2) is 8.92. The summed E-state index contributed by atoms with van der Waals surface area (Å²) >= 11 is 0. The monoisotopic (exact) mass is 366 g/mol. The molecule has 0 bridgehead atoms. The van der Waals surface area contributed by atoms with Crippen LogP contribution in [0.15, 0.2) is 133 Å². The first-order valence-electron chi connectivity index (χ1n) is 9.46. The van der Waals surface area contributed by atoms with Gasteiger partial charge in [0.25, 0.3) is 0 Å². The third kappa shape index (κ3) is 3.49. The van der Waals surface area contributed by atoms with Gasteiger partial charge in [0.05, 0.1) is 22.8 Å². The van der Waals surface area contributed by atoms with Crippen molar-refractivity contribution in [2.45, 2.75) is 13.8 Å². The second-order valence-electron chi connectivity index (χ2n) is 6.28. The molecule has 0 radical (unpaired) electrons. The molecule has 28 heavy (non-hydrogen) atoms. The van der Waals surface area contributed by atoms with Crippen LogP contribution in [0.4, 0.5) is 11.4 Å². The highest BCUT2D eigenvalue weighted by molar-refractivity contribution is 5.77. The van der Waals surface area contributed by atoms with E-state index in [0.29, 0.717) is 0 Å². The van der Waals surface area contributed by atoms with Gasteiger partial charge >= 0.3 is 0 Å². The third-order valence-electron chi connectivity index (χ3n) is 4.58. The molecule has 0 N–H and O–H groups in total. The van der Waals surface area contributed by atoms with Crippen molar-refractivity contribution in [3.8, 4) is 0 Å². The van der Waals surface area contributed by atoms with Crippen molar-refractivity contribution in [3.63, 3.8) is 0 Å². The third-order valence-corrected chi connectivity index (χ3v) is 4.58. The van der Waals surface area contributed by atoms with Gasteiger partial charge in [0.2, 0.25) is 0 Å². The maximum absolute atomic E-state index is 4.13. The summed E-state index contributed by atoms with van der Waals surface area (Å²) in [5.41, 5.74) is 6.42. The van der Waals surface area contributed by atoms with E-state index in [2.05, 4.69) is 96.6 Å². The van der Waals surface area contributed by atoms with Gasteiger partial charge < -0.3 is 9.80 Å². The Hall–Kier alpha value is -3.52. The average Bonchev–Trinajstić information content (AvgIpc) is 2.75. The predicted octanol–water partition coefficient (Wildman–Crippen LogP) is 6.96. The lowest BCUT2D eigenvalue weighted by atomic mass is 10.0. The quantitative estimate of drug-likeness (QED) is 0.564. The van der Waals surface area contributed by atoms with Crippen molar-refractivity contribution in [1.82, 2.24) is 0 Å². The van der Waals surface area contributed by atoms with Crippen LogP contribution in [0.2, 0.25) is 0 Å². The fraction of sp³-hybridized carbons (Fsp3) is 0.0769. The summed E-state index contributed by atoms with van der Waals surface area (Å²) < 4.78 is 0. The van der Waals surface area contributed by atoms with Crippen molar-refractivity contribution in [1.29, 1.82) is 0 Å². The van der Waals surface area contributed by atoms with Crippen LogP contribution >= 0.6 is 0 Å². The number of hydrogen-bond acceptors (Lipinski definition) is 2. The number of para-hydroxylation sites is 2. The zero-order valence-corrected chi connectivity index (χ0v) is 16.5. The minimum Gasteiger partial charge on any atom is -0.307 e. The van der Waals surface area contributed by atoms with Crippen molar-refractivity contribution in [3.05, 3.63) is 133 Å². The fourth-order valence-electron chi connectivity index (χ4n) is 3.49. The van der Waals surface area contributed by atoms with Gasteiger partial charge in [-0.15, -0.1) is 0 Å². The molecule has 140 valence electrons. The van der Waals surface area contributed by atoms with E-state index in [-0.39, 0.29) is 0 Å². The molecular formula is C26H26N2. The number of rotatable bonds is 5. The van der Waals surface area contributed by atoms with Gasteiger partial charge in [0.15, 0.2) is 0 Å². The lowest BCUT2D eigenvalue weighted by Crippen LogP contribution is -2.38. The van der Waals surface area contributed by atoms with Crippen molar-refractivity contribution in [2.75, 3.05) is 9.80 Å². The standard InChI is InChI=1S/C26H26N2/c1-5-15-25-23(7-3)28(22-19-13-10-14-20-22)26(16-6-2)24(8-4)27(25)21-17-11-9-12-18-21/h5-20H,1,4H2,2-3H3/b16-6-,23-7+,25-15+. The molecule has 0 unspecified atom stereocenters. The highest BCUT2D eigenvalue weighted by Crippen LogP contribution is 2.41. The number of benzene rings is 2. The molecule has 2 aromatic rings. The molecule has 0 amide bonds. The molecular weight excluding hydrogens is 340 g/mol. The Balaban J connectivity index is 2.38. The molecule has 1 aliphatic heterocycles. The van der Waals surface area contributed by atoms with Gasteiger partial charge in [0.1, 0.15) is 0 Å². The Kier molecular flexibility index (Phi) is 6.13. The van der Waals surface area contributed by atoms with Crippen LogP contribution < -0.4 is 9.80 Å². The second-order valence-corrected chi connectivity index (χ2v) is 6.28. The summed E-state index contributed by atoms with van der Waals surface area (Å²) in [6.45, 7) is 12.2. The molecule has 2 nitrogen and oxygen atoms in total. The topological polar surface area (TPSA) is 6.48 Å². The SMILES string of the molecule is C=C/C=C1\C(=C/C)N(c2ccccc2)C(/C=C\C)=C(C=C)N1c1ccccc1. The number of anilines is 2. The molecule has 2 aromatic carbocycles. The van der Waals surface area contributed by atoms with Crippen LogP contribution in [0, 0.1) is 0 Å². The van der Waals surface area contributed by atoms with Gasteiger partial charge in [-0.2, -0.15) is 0 Å². The van der Waals surface area contributed by atoms with Gasteiger partial charge in [0, 0.05) is 11.4 Å². The zero-order valence-electron chi connectivity index (χ0n) is 16.5. The van der Waals surface area contributed by atoms with Crippen LogP contribution in [0.25, 0.3) is 0 Å². The number of nitrogens with zero attached hydrogens (tertiary/aromatic N) is 2. The Morgan fingerprint density at radius 1 is 0.714 bits per heavy atom. The zero-order chi connectivity index (χ0) is 19.9. The van der Waals surface area contributed by atoms with E-state index >= 15 is 0 Å². The van der Waals surface area contributed by atoms with E-state index in [1.54, 1.807) is 0 Å². The van der Waals surface area contributed by atoms with Crippen molar-refractivity contribution < 1.29 is 0 Å². The first kappa shape index (κ1) is 19.2. The minimum absolute atomic E-state index is 1.02. The molecule has 1 aliphatic rings. The van der Waals surface area contributed by atoms with Crippen molar-refractivity contribution >= 4 is 11.4 Å². The first-order chi connectivity index (χ1) is 13.8. The molecule has 2 heteroatoms. The highest BCUT2D eigenvalue weighted by atomic mass is 15.3. The minimum atomic E-state index is 1.02. The molecule has 0 spiro atoms. The molecule has 0 aliphatic carbocycles. The van der Waals surface area contributed by atoms with E-state index < -0.39 is 0 Å². The highest BCUT2D eigenvalue weighted by Gasteiger charge is 2.32. The van der Waals surface area contributed by atoms with Gasteiger partial charge in [-0.1, -0.05) is 67.8 Å².